The summed E-state index contributed by atoms with van der Waals surface area (Å²) in [5.41, 5.74) is 3.64. The van der Waals surface area contributed by atoms with Gasteiger partial charge in [-0.2, -0.15) is 18.3 Å². The Bertz CT molecular complexity index is 1310. The Kier molecular flexibility index (Phi) is 7.20. The topological polar surface area (TPSA) is 120 Å². The molecule has 39 heavy (non-hydrogen) atoms. The zero-order valence-electron chi connectivity index (χ0n) is 22.7. The van der Waals surface area contributed by atoms with Crippen LogP contribution >= 0.6 is 0 Å². The lowest BCUT2D eigenvalue weighted by molar-refractivity contribution is -0.141. The van der Waals surface area contributed by atoms with E-state index in [1.165, 1.54) is 18.2 Å². The third-order valence-electron chi connectivity index (χ3n) is 6.76. The van der Waals surface area contributed by atoms with Crippen molar-refractivity contribution in [2.45, 2.75) is 78.1 Å². The minimum absolute atomic E-state index is 0.0159. The van der Waals surface area contributed by atoms with Crippen molar-refractivity contribution in [2.75, 3.05) is 18.4 Å². The van der Waals surface area contributed by atoms with E-state index in [0.29, 0.717) is 31.6 Å². The number of ether oxygens (including phenoxy) is 1. The van der Waals surface area contributed by atoms with Crippen LogP contribution in [-0.4, -0.2) is 57.2 Å². The van der Waals surface area contributed by atoms with Crippen LogP contribution < -0.4 is 11.1 Å². The second kappa shape index (κ2) is 9.87. The van der Waals surface area contributed by atoms with Gasteiger partial charge in [-0.05, 0) is 63.6 Å². The Morgan fingerprint density at radius 3 is 2.49 bits per heavy atom. The molecule has 3 N–H and O–H groups in total. The number of hydrogen-bond donors (Lipinski definition) is 2. The second-order valence-electron chi connectivity index (χ2n) is 12.0. The maximum atomic E-state index is 13.9. The number of carbonyl (C=O) groups excluding carboxylic acids is 3. The molecule has 12 heteroatoms. The van der Waals surface area contributed by atoms with E-state index in [1.807, 2.05) is 13.8 Å². The lowest BCUT2D eigenvalue weighted by atomic mass is 9.75. The number of ketones is 1. The first kappa shape index (κ1) is 28.4. The fraction of sp³-hybridized carbons (Fsp3) is 0.556. The summed E-state index contributed by atoms with van der Waals surface area (Å²) in [6.45, 7) is 9.79. The SMILES string of the molecule is CC1(C)CC(=O)c2c(C(F)(F)F)nn(-c3ccc(C(N)=O)c(N[C@H]4CCCN(C(=O)OC(C)(C)C)C4)c3)c2C1. The van der Waals surface area contributed by atoms with Gasteiger partial charge in [-0.3, -0.25) is 9.59 Å². The van der Waals surface area contributed by atoms with Gasteiger partial charge in [-0.15, -0.1) is 0 Å². The summed E-state index contributed by atoms with van der Waals surface area (Å²) < 4.78 is 48.3. The molecule has 4 rings (SSSR count). The van der Waals surface area contributed by atoms with Crippen LogP contribution in [0, 0.1) is 5.41 Å². The van der Waals surface area contributed by atoms with Crippen LogP contribution in [-0.2, 0) is 17.3 Å². The first-order valence-electron chi connectivity index (χ1n) is 12.9. The molecule has 1 fully saturated rings. The molecule has 0 radical (unpaired) electrons. The molecule has 0 spiro atoms. The van der Waals surface area contributed by atoms with Crippen molar-refractivity contribution in [1.82, 2.24) is 14.7 Å². The summed E-state index contributed by atoms with van der Waals surface area (Å²) in [4.78, 5) is 39.2. The number of primary amides is 1. The average molecular weight is 550 g/mol. The smallest absolute Gasteiger partial charge is 0.435 e. The van der Waals surface area contributed by atoms with Gasteiger partial charge < -0.3 is 20.7 Å². The van der Waals surface area contributed by atoms with Crippen molar-refractivity contribution in [3.63, 3.8) is 0 Å². The molecule has 1 aromatic carbocycles. The molecule has 0 bridgehead atoms. The highest BCUT2D eigenvalue weighted by molar-refractivity contribution is 6.00. The van der Waals surface area contributed by atoms with Crippen molar-refractivity contribution < 1.29 is 32.3 Å². The fourth-order valence-corrected chi connectivity index (χ4v) is 5.17. The Morgan fingerprint density at radius 1 is 1.18 bits per heavy atom. The highest BCUT2D eigenvalue weighted by Gasteiger charge is 2.45. The summed E-state index contributed by atoms with van der Waals surface area (Å²) in [5, 5.41) is 7.09. The standard InChI is InChI=1S/C27H34F3N5O4/c1-25(2,3)39-24(38)34-10-6-7-15(14-34)32-18-11-16(8-9-17(18)23(31)37)35-19-12-26(4,5)13-20(36)21(19)22(33-35)27(28,29)30/h8-9,11,15,32H,6-7,10,12-14H2,1-5H3,(H2,31,37)/t15-/m0/s1. The van der Waals surface area contributed by atoms with Crippen LogP contribution in [0.25, 0.3) is 5.69 Å². The number of hydrogen-bond acceptors (Lipinski definition) is 6. The maximum absolute atomic E-state index is 13.9. The third kappa shape index (κ3) is 6.20. The molecule has 0 unspecified atom stereocenters. The first-order valence-corrected chi connectivity index (χ1v) is 12.9. The van der Waals surface area contributed by atoms with Crippen LogP contribution in [0.1, 0.15) is 86.0 Å². The molecule has 2 heterocycles. The van der Waals surface area contributed by atoms with E-state index in [4.69, 9.17) is 10.5 Å². The van der Waals surface area contributed by atoms with Gasteiger partial charge in [0, 0.05) is 31.2 Å². The number of anilines is 1. The molecule has 2 aliphatic rings. The molecular formula is C27H34F3N5O4. The summed E-state index contributed by atoms with van der Waals surface area (Å²) in [5.74, 6) is -1.32. The summed E-state index contributed by atoms with van der Waals surface area (Å²) >= 11 is 0. The number of fused-ring (bicyclic) bond motifs is 1. The maximum Gasteiger partial charge on any atom is 0.435 e. The van der Waals surface area contributed by atoms with Crippen LogP contribution in [0.3, 0.4) is 0 Å². The van der Waals surface area contributed by atoms with Gasteiger partial charge in [-0.1, -0.05) is 13.8 Å². The van der Waals surface area contributed by atoms with Crippen molar-refractivity contribution in [3.05, 3.63) is 40.7 Å². The zero-order valence-corrected chi connectivity index (χ0v) is 22.7. The molecule has 9 nitrogen and oxygen atoms in total. The number of carbonyl (C=O) groups is 3. The Balaban J connectivity index is 1.71. The molecule has 1 aliphatic carbocycles. The van der Waals surface area contributed by atoms with Gasteiger partial charge >= 0.3 is 12.3 Å². The van der Waals surface area contributed by atoms with Gasteiger partial charge in [0.25, 0.3) is 5.91 Å². The van der Waals surface area contributed by atoms with E-state index in [0.717, 1.165) is 4.68 Å². The monoisotopic (exact) mass is 549 g/mol. The lowest BCUT2D eigenvalue weighted by Gasteiger charge is -2.35. The zero-order chi connectivity index (χ0) is 28.9. The van der Waals surface area contributed by atoms with Crippen LogP contribution in [0.4, 0.5) is 23.7 Å². The Labute approximate surface area is 224 Å². The minimum Gasteiger partial charge on any atom is -0.444 e. The highest BCUT2D eigenvalue weighted by atomic mass is 19.4. The van der Waals surface area contributed by atoms with Crippen molar-refractivity contribution in [1.29, 1.82) is 0 Å². The van der Waals surface area contributed by atoms with Gasteiger partial charge in [0.2, 0.25) is 0 Å². The van der Waals surface area contributed by atoms with Crippen LogP contribution in [0.5, 0.6) is 0 Å². The number of nitrogens with zero attached hydrogens (tertiary/aromatic N) is 3. The molecular weight excluding hydrogens is 515 g/mol. The van der Waals surface area contributed by atoms with Gasteiger partial charge in [-0.25, -0.2) is 9.48 Å². The lowest BCUT2D eigenvalue weighted by Crippen LogP contribution is -2.47. The largest absolute Gasteiger partial charge is 0.444 e. The molecule has 212 valence electrons. The summed E-state index contributed by atoms with van der Waals surface area (Å²) in [7, 11) is 0. The predicted octanol–water partition coefficient (Wildman–Crippen LogP) is 4.96. The molecule has 1 aromatic heterocycles. The number of nitrogens with two attached hydrogens (primary N) is 1. The first-order chi connectivity index (χ1) is 17.9. The number of nitrogens with one attached hydrogen (secondary N) is 1. The molecule has 1 atom stereocenters. The van der Waals surface area contributed by atoms with Gasteiger partial charge in [0.15, 0.2) is 11.5 Å². The van der Waals surface area contributed by atoms with E-state index in [1.54, 1.807) is 25.7 Å². The minimum atomic E-state index is -4.81. The van der Waals surface area contributed by atoms with E-state index < -0.39 is 46.2 Å². The molecule has 0 saturated carbocycles. The number of amides is 2. The van der Waals surface area contributed by atoms with Crippen molar-refractivity contribution in [3.8, 4) is 5.69 Å². The van der Waals surface area contributed by atoms with E-state index in [9.17, 15) is 27.6 Å². The third-order valence-corrected chi connectivity index (χ3v) is 6.76. The summed E-state index contributed by atoms with van der Waals surface area (Å²) in [6.07, 6.45) is -3.70. The molecule has 1 saturated heterocycles. The quantitative estimate of drug-likeness (QED) is 0.557. The normalized spacial score (nSPS) is 19.4. The molecule has 2 aromatic rings. The highest BCUT2D eigenvalue weighted by Crippen LogP contribution is 2.42. The van der Waals surface area contributed by atoms with E-state index in [2.05, 4.69) is 10.4 Å². The number of halogens is 3. The summed E-state index contributed by atoms with van der Waals surface area (Å²) in [6, 6.07) is 4.12. The van der Waals surface area contributed by atoms with Gasteiger partial charge in [0.1, 0.15) is 5.60 Å². The molecule has 2 amide bonds. The second-order valence-corrected chi connectivity index (χ2v) is 12.0. The average Bonchev–Trinajstić information content (AvgIpc) is 3.17. The van der Waals surface area contributed by atoms with E-state index in [-0.39, 0.29) is 35.8 Å². The van der Waals surface area contributed by atoms with Crippen LogP contribution in [0.2, 0.25) is 0 Å². The Morgan fingerprint density at radius 2 is 1.87 bits per heavy atom. The van der Waals surface area contributed by atoms with Gasteiger partial charge in [0.05, 0.1) is 22.5 Å². The predicted molar refractivity (Wildman–Crippen MR) is 138 cm³/mol. The van der Waals surface area contributed by atoms with Crippen molar-refractivity contribution >= 4 is 23.5 Å². The number of Topliss-reactive ketones (excluding diaryl/α,β-unsaturated/α-hetero) is 1. The van der Waals surface area contributed by atoms with E-state index >= 15 is 0 Å². The van der Waals surface area contributed by atoms with Crippen molar-refractivity contribution in [2.24, 2.45) is 11.1 Å². The Hall–Kier alpha value is -3.57. The number of rotatable bonds is 4. The number of benzene rings is 1. The fourth-order valence-electron chi connectivity index (χ4n) is 5.17. The number of aromatic nitrogens is 2. The number of alkyl halides is 3. The molecule has 1 aliphatic heterocycles. The van der Waals surface area contributed by atoms with Crippen LogP contribution in [0.15, 0.2) is 18.2 Å². The number of likely N-dealkylation sites (tertiary alicyclic amines) is 1. The number of piperidine rings is 1.